The summed E-state index contributed by atoms with van der Waals surface area (Å²) in [5.74, 6) is -1.00. The van der Waals surface area contributed by atoms with E-state index in [1.807, 2.05) is 0 Å². The molecule has 8 nitrogen and oxygen atoms in total. The average molecular weight is 659 g/mol. The fourth-order valence-electron chi connectivity index (χ4n) is 5.81. The Hall–Kier alpha value is -1.22. The molecule has 0 aromatic carbocycles. The molecular weight excluding hydrogens is 584 g/mol. The van der Waals surface area contributed by atoms with Crippen LogP contribution in [0.4, 0.5) is 0 Å². The van der Waals surface area contributed by atoms with E-state index in [2.05, 4.69) is 13.8 Å². The van der Waals surface area contributed by atoms with E-state index in [0.717, 1.165) is 32.1 Å². The number of aliphatic hydroxyl groups excluding tert-OH is 4. The summed E-state index contributed by atoms with van der Waals surface area (Å²) in [4.78, 5) is 24.8. The fraction of sp³-hybridized carbons (Fsp3) is 0.947. The Morgan fingerprint density at radius 3 is 1.15 bits per heavy atom. The fourth-order valence-corrected chi connectivity index (χ4v) is 5.81. The number of aliphatic hydroxyl groups is 4. The molecule has 0 aliphatic carbocycles. The molecule has 0 bridgehead atoms. The Kier molecular flexibility index (Phi) is 32.8. The topological polar surface area (TPSA) is 134 Å². The van der Waals surface area contributed by atoms with Gasteiger partial charge in [0.05, 0.1) is 6.61 Å². The molecule has 0 saturated carbocycles. The summed E-state index contributed by atoms with van der Waals surface area (Å²) in [5, 5.41) is 39.6. The molecule has 0 heterocycles. The first-order chi connectivity index (χ1) is 22.4. The van der Waals surface area contributed by atoms with Crippen molar-refractivity contribution < 1.29 is 39.5 Å². The molecule has 0 saturated heterocycles. The van der Waals surface area contributed by atoms with E-state index in [0.29, 0.717) is 12.8 Å². The molecule has 0 fully saturated rings. The molecule has 4 atom stereocenters. The number of rotatable bonds is 35. The second kappa shape index (κ2) is 33.7. The molecule has 0 amide bonds. The molecular formula is C38H74O8. The van der Waals surface area contributed by atoms with Crippen LogP contribution in [0.15, 0.2) is 0 Å². The third-order valence-corrected chi connectivity index (χ3v) is 8.97. The summed E-state index contributed by atoms with van der Waals surface area (Å²) in [6.45, 7) is 3.30. The van der Waals surface area contributed by atoms with Gasteiger partial charge < -0.3 is 29.9 Å². The van der Waals surface area contributed by atoms with Crippen molar-refractivity contribution in [2.75, 3.05) is 13.2 Å². The third kappa shape index (κ3) is 27.9. The van der Waals surface area contributed by atoms with Crippen molar-refractivity contribution in [3.63, 3.8) is 0 Å². The summed E-state index contributed by atoms with van der Waals surface area (Å²) in [7, 11) is 0. The van der Waals surface area contributed by atoms with Crippen LogP contribution in [0, 0.1) is 0 Å². The van der Waals surface area contributed by atoms with Crippen molar-refractivity contribution >= 4 is 11.9 Å². The van der Waals surface area contributed by atoms with E-state index in [1.165, 1.54) is 122 Å². The number of unbranched alkanes of at least 4 members (excludes halogenated alkanes) is 24. The van der Waals surface area contributed by atoms with E-state index in [1.54, 1.807) is 0 Å². The predicted octanol–water partition coefficient (Wildman–Crippen LogP) is 8.48. The second-order valence-electron chi connectivity index (χ2n) is 13.4. The second-order valence-corrected chi connectivity index (χ2v) is 13.4. The van der Waals surface area contributed by atoms with E-state index < -0.39 is 49.6 Å². The van der Waals surface area contributed by atoms with Crippen LogP contribution in [0.1, 0.15) is 194 Å². The van der Waals surface area contributed by atoms with Crippen LogP contribution in [-0.4, -0.2) is 70.0 Å². The first kappa shape index (κ1) is 44.8. The first-order valence-corrected chi connectivity index (χ1v) is 19.4. The van der Waals surface area contributed by atoms with Crippen molar-refractivity contribution in [2.24, 2.45) is 0 Å². The van der Waals surface area contributed by atoms with Crippen LogP contribution in [-0.2, 0) is 19.1 Å². The van der Waals surface area contributed by atoms with Gasteiger partial charge in [0.2, 0.25) is 0 Å². The van der Waals surface area contributed by atoms with Crippen LogP contribution >= 0.6 is 0 Å². The van der Waals surface area contributed by atoms with Crippen LogP contribution in [0.3, 0.4) is 0 Å². The monoisotopic (exact) mass is 659 g/mol. The molecule has 0 spiro atoms. The Morgan fingerprint density at radius 1 is 0.478 bits per heavy atom. The normalized spacial score (nSPS) is 14.1. The Balaban J connectivity index is 4.18. The van der Waals surface area contributed by atoms with Gasteiger partial charge in [-0.2, -0.15) is 0 Å². The highest BCUT2D eigenvalue weighted by molar-refractivity contribution is 5.70. The number of carbonyl (C=O) groups is 2. The highest BCUT2D eigenvalue weighted by Crippen LogP contribution is 2.16. The lowest BCUT2D eigenvalue weighted by atomic mass is 10.0. The molecule has 0 radical (unpaired) electrons. The highest BCUT2D eigenvalue weighted by atomic mass is 16.6. The lowest BCUT2D eigenvalue weighted by Crippen LogP contribution is -2.49. The van der Waals surface area contributed by atoms with Gasteiger partial charge in [-0.15, -0.1) is 0 Å². The SMILES string of the molecule is CCCCCCCCCCCCCCCC(=O)OC[C@H](OC(=O)CCCCCCCCCCCCCCC)[C@@H](O)[C@H](O)[C@H](O)CO. The molecule has 0 aromatic rings. The van der Waals surface area contributed by atoms with Crippen LogP contribution in [0.5, 0.6) is 0 Å². The molecule has 4 N–H and O–H groups in total. The average Bonchev–Trinajstić information content (AvgIpc) is 3.06. The third-order valence-electron chi connectivity index (χ3n) is 8.97. The molecule has 0 aliphatic rings. The van der Waals surface area contributed by atoms with E-state index in [-0.39, 0.29) is 12.8 Å². The molecule has 0 unspecified atom stereocenters. The smallest absolute Gasteiger partial charge is 0.306 e. The number of ether oxygens (including phenoxy) is 2. The summed E-state index contributed by atoms with van der Waals surface area (Å²) in [6, 6.07) is 0. The van der Waals surface area contributed by atoms with Gasteiger partial charge in [-0.25, -0.2) is 0 Å². The summed E-state index contributed by atoms with van der Waals surface area (Å²) in [6.07, 6.45) is 25.2. The van der Waals surface area contributed by atoms with Gasteiger partial charge in [-0.05, 0) is 12.8 Å². The van der Waals surface area contributed by atoms with Gasteiger partial charge in [-0.3, -0.25) is 9.59 Å². The first-order valence-electron chi connectivity index (χ1n) is 19.4. The minimum absolute atomic E-state index is 0.159. The standard InChI is InChI=1S/C38H74O8/c1-3-5-7-9-11-13-15-17-19-21-23-25-27-29-35(41)45-32-34(38(44)37(43)33(40)31-39)46-36(42)30-28-26-24-22-20-18-16-14-12-10-8-6-4-2/h33-34,37-40,43-44H,3-32H2,1-2H3/t33-,34+,37-,38-/m1/s1. The zero-order chi connectivity index (χ0) is 34.1. The molecule has 0 rings (SSSR count). The minimum atomic E-state index is -1.75. The lowest BCUT2D eigenvalue weighted by Gasteiger charge is -2.28. The van der Waals surface area contributed by atoms with Crippen molar-refractivity contribution in [2.45, 2.75) is 218 Å². The number of hydrogen-bond donors (Lipinski definition) is 4. The number of hydrogen-bond acceptors (Lipinski definition) is 8. The summed E-state index contributed by atoms with van der Waals surface area (Å²) in [5.41, 5.74) is 0. The molecule has 8 heteroatoms. The Morgan fingerprint density at radius 2 is 0.804 bits per heavy atom. The largest absolute Gasteiger partial charge is 0.462 e. The van der Waals surface area contributed by atoms with Crippen molar-refractivity contribution in [3.8, 4) is 0 Å². The van der Waals surface area contributed by atoms with Crippen molar-refractivity contribution in [3.05, 3.63) is 0 Å². The van der Waals surface area contributed by atoms with Crippen LogP contribution in [0.25, 0.3) is 0 Å². The van der Waals surface area contributed by atoms with Gasteiger partial charge >= 0.3 is 11.9 Å². The van der Waals surface area contributed by atoms with Crippen LogP contribution < -0.4 is 0 Å². The molecule has 274 valence electrons. The van der Waals surface area contributed by atoms with E-state index in [4.69, 9.17) is 14.6 Å². The zero-order valence-corrected chi connectivity index (χ0v) is 29.9. The lowest BCUT2D eigenvalue weighted by molar-refractivity contribution is -0.178. The van der Waals surface area contributed by atoms with Crippen molar-refractivity contribution in [1.29, 1.82) is 0 Å². The number of carbonyl (C=O) groups excluding carboxylic acids is 2. The zero-order valence-electron chi connectivity index (χ0n) is 29.9. The van der Waals surface area contributed by atoms with Crippen LogP contribution in [0.2, 0.25) is 0 Å². The molecule has 46 heavy (non-hydrogen) atoms. The van der Waals surface area contributed by atoms with E-state index >= 15 is 0 Å². The minimum Gasteiger partial charge on any atom is -0.462 e. The maximum Gasteiger partial charge on any atom is 0.306 e. The highest BCUT2D eigenvalue weighted by Gasteiger charge is 2.34. The van der Waals surface area contributed by atoms with Crippen molar-refractivity contribution in [1.82, 2.24) is 0 Å². The summed E-state index contributed by atoms with van der Waals surface area (Å²) < 4.78 is 10.7. The maximum absolute atomic E-state index is 12.5. The van der Waals surface area contributed by atoms with Gasteiger partial charge in [0.25, 0.3) is 0 Å². The van der Waals surface area contributed by atoms with Gasteiger partial charge in [0, 0.05) is 12.8 Å². The van der Waals surface area contributed by atoms with E-state index in [9.17, 15) is 24.9 Å². The quantitative estimate of drug-likeness (QED) is 0.0394. The predicted molar refractivity (Wildman–Crippen MR) is 187 cm³/mol. The van der Waals surface area contributed by atoms with Gasteiger partial charge in [-0.1, -0.05) is 168 Å². The maximum atomic E-state index is 12.5. The Labute approximate surface area is 282 Å². The number of esters is 2. The summed E-state index contributed by atoms with van der Waals surface area (Å²) >= 11 is 0. The molecule has 0 aliphatic heterocycles. The molecule has 0 aromatic heterocycles. The van der Waals surface area contributed by atoms with Gasteiger partial charge in [0.1, 0.15) is 24.9 Å². The van der Waals surface area contributed by atoms with Gasteiger partial charge in [0.15, 0.2) is 6.10 Å². The Bertz CT molecular complexity index is 673.